The van der Waals surface area contributed by atoms with Gasteiger partial charge in [-0.25, -0.2) is 9.24 Å². The van der Waals surface area contributed by atoms with Gasteiger partial charge < -0.3 is 10.0 Å². The van der Waals surface area contributed by atoms with Crippen molar-refractivity contribution in [2.45, 2.75) is 30.9 Å². The van der Waals surface area contributed by atoms with E-state index in [4.69, 9.17) is 6.57 Å². The molecule has 0 unspecified atom stereocenters. The minimum atomic E-state index is -5.03. The Morgan fingerprint density at radius 3 is 2.36 bits per heavy atom. The molecule has 1 heterocycles. The molecule has 1 aliphatic carbocycles. The van der Waals surface area contributed by atoms with Crippen molar-refractivity contribution in [1.29, 1.82) is 0 Å². The summed E-state index contributed by atoms with van der Waals surface area (Å²) in [4.78, 5) is 3.49. The van der Waals surface area contributed by atoms with Gasteiger partial charge in [-0.2, -0.15) is 26.3 Å². The normalized spacial score (nSPS) is 27.0. The highest BCUT2D eigenvalue weighted by atomic mass is 19.4. The summed E-state index contributed by atoms with van der Waals surface area (Å²) in [5, 5.41) is 9.58. The summed E-state index contributed by atoms with van der Waals surface area (Å²) in [6.07, 6.45) is -12.3. The zero-order chi connectivity index (χ0) is 18.7. The van der Waals surface area contributed by atoms with Crippen molar-refractivity contribution in [3.05, 3.63) is 34.9 Å². The van der Waals surface area contributed by atoms with E-state index in [0.29, 0.717) is 18.6 Å². The molecule has 3 nitrogen and oxygen atoms in total. The number of benzene rings is 1. The van der Waals surface area contributed by atoms with Gasteiger partial charge in [-0.3, -0.25) is 0 Å². The molecule has 0 bridgehead atoms. The number of hydrogen-bond donors (Lipinski definition) is 1. The van der Waals surface area contributed by atoms with Crippen LogP contribution in [0.3, 0.4) is 0 Å². The molecule has 25 heavy (non-hydrogen) atoms. The van der Waals surface area contributed by atoms with E-state index in [9.17, 15) is 35.8 Å². The molecule has 10 heteroatoms. The number of aliphatic hydroxyl groups excluding tert-OH is 1. The topological polar surface area (TPSA) is 27.8 Å². The maximum atomic E-state index is 13.9. The maximum Gasteiger partial charge on any atom is 0.416 e. The summed E-state index contributed by atoms with van der Waals surface area (Å²) in [5.74, 6) is -2.14. The van der Waals surface area contributed by atoms with Crippen LogP contribution in [0.15, 0.2) is 12.1 Å². The number of alkyl halides is 6. The molecule has 1 aromatic carbocycles. The SMILES string of the molecule is [C-]#[N+]c1c(F)cc(N2C[C@@H]3C[C@@H]3[C@@H]2[C@H](O)C(F)(F)F)cc1C(F)(F)F. The molecule has 2 fully saturated rings. The molecule has 1 N–H and O–H groups in total. The van der Waals surface area contributed by atoms with Crippen molar-refractivity contribution in [3.8, 4) is 0 Å². The Morgan fingerprint density at radius 1 is 1.20 bits per heavy atom. The van der Waals surface area contributed by atoms with E-state index < -0.39 is 53.2 Å². The lowest BCUT2D eigenvalue weighted by Crippen LogP contribution is -2.49. The third-order valence-corrected chi connectivity index (χ3v) is 4.66. The molecule has 0 radical (unpaired) electrons. The number of rotatable bonds is 2. The molecule has 2 aliphatic rings. The smallest absolute Gasteiger partial charge is 0.382 e. The fraction of sp³-hybridized carbons (Fsp3) is 0.533. The monoisotopic (exact) mass is 368 g/mol. The van der Waals surface area contributed by atoms with Gasteiger partial charge in [0.05, 0.1) is 18.2 Å². The van der Waals surface area contributed by atoms with E-state index in [1.54, 1.807) is 0 Å². The molecule has 1 aromatic rings. The van der Waals surface area contributed by atoms with Crippen LogP contribution in [0.25, 0.3) is 4.85 Å². The first-order valence-electron chi connectivity index (χ1n) is 7.24. The van der Waals surface area contributed by atoms with Gasteiger partial charge in [-0.05, 0) is 30.4 Å². The highest BCUT2D eigenvalue weighted by molar-refractivity contribution is 5.64. The van der Waals surface area contributed by atoms with Crippen molar-refractivity contribution in [2.24, 2.45) is 11.8 Å². The number of halogens is 7. The molecule has 0 amide bonds. The zero-order valence-electron chi connectivity index (χ0n) is 12.4. The number of aliphatic hydroxyl groups is 1. The van der Waals surface area contributed by atoms with E-state index in [-0.39, 0.29) is 12.5 Å². The highest BCUT2D eigenvalue weighted by Crippen LogP contribution is 2.54. The quantitative estimate of drug-likeness (QED) is 0.628. The van der Waals surface area contributed by atoms with Crippen molar-refractivity contribution in [2.75, 3.05) is 11.4 Å². The Morgan fingerprint density at radius 2 is 1.84 bits per heavy atom. The Kier molecular flexibility index (Phi) is 3.91. The predicted octanol–water partition coefficient (Wildman–Crippen LogP) is 4.14. The number of fused-ring (bicyclic) bond motifs is 1. The lowest BCUT2D eigenvalue weighted by molar-refractivity contribution is -0.210. The third kappa shape index (κ3) is 3.01. The van der Waals surface area contributed by atoms with Crippen molar-refractivity contribution in [1.82, 2.24) is 0 Å². The van der Waals surface area contributed by atoms with E-state index in [1.165, 1.54) is 0 Å². The molecule has 0 spiro atoms. The summed E-state index contributed by atoms with van der Waals surface area (Å²) < 4.78 is 91.7. The summed E-state index contributed by atoms with van der Waals surface area (Å²) in [6, 6.07) is -0.384. The third-order valence-electron chi connectivity index (χ3n) is 4.66. The van der Waals surface area contributed by atoms with Crippen LogP contribution in [0, 0.1) is 24.2 Å². The Labute approximate surface area is 137 Å². The van der Waals surface area contributed by atoms with Gasteiger partial charge in [0.15, 0.2) is 6.10 Å². The molecule has 1 saturated carbocycles. The number of anilines is 1. The van der Waals surface area contributed by atoms with Crippen molar-refractivity contribution < 1.29 is 35.8 Å². The van der Waals surface area contributed by atoms with Gasteiger partial charge in [0.2, 0.25) is 5.69 Å². The first kappa shape index (κ1) is 17.8. The summed E-state index contributed by atoms with van der Waals surface area (Å²) in [7, 11) is 0. The Balaban J connectivity index is 2.04. The van der Waals surface area contributed by atoms with Crippen LogP contribution < -0.4 is 4.90 Å². The second-order valence-electron chi connectivity index (χ2n) is 6.22. The van der Waals surface area contributed by atoms with Crippen molar-refractivity contribution >= 4 is 11.4 Å². The van der Waals surface area contributed by atoms with Gasteiger partial charge in [0.1, 0.15) is 5.82 Å². The Bertz CT molecular complexity index is 737. The summed E-state index contributed by atoms with van der Waals surface area (Å²) in [5.41, 5.74) is -3.19. The predicted molar refractivity (Wildman–Crippen MR) is 72.5 cm³/mol. The molecule has 1 saturated heterocycles. The largest absolute Gasteiger partial charge is 0.416 e. The average molecular weight is 368 g/mol. The van der Waals surface area contributed by atoms with Crippen LogP contribution in [-0.4, -0.2) is 30.0 Å². The molecular weight excluding hydrogens is 357 g/mol. The summed E-state index contributed by atoms with van der Waals surface area (Å²) >= 11 is 0. The highest BCUT2D eigenvalue weighted by Gasteiger charge is 2.60. The van der Waals surface area contributed by atoms with Gasteiger partial charge in [0, 0.05) is 12.2 Å². The minimum absolute atomic E-state index is 0.00340. The first-order valence-corrected chi connectivity index (χ1v) is 7.24. The summed E-state index contributed by atoms with van der Waals surface area (Å²) in [6.45, 7) is 6.69. The lowest BCUT2D eigenvalue weighted by Gasteiger charge is -2.34. The zero-order valence-corrected chi connectivity index (χ0v) is 12.4. The molecule has 0 aromatic heterocycles. The minimum Gasteiger partial charge on any atom is -0.382 e. The molecular formula is C15H11F7N2O. The van der Waals surface area contributed by atoms with Crippen LogP contribution >= 0.6 is 0 Å². The fourth-order valence-corrected chi connectivity index (χ4v) is 3.46. The lowest BCUT2D eigenvalue weighted by atomic mass is 10.0. The van der Waals surface area contributed by atoms with E-state index in [0.717, 1.165) is 4.90 Å². The van der Waals surface area contributed by atoms with Gasteiger partial charge >= 0.3 is 12.4 Å². The van der Waals surface area contributed by atoms with Crippen molar-refractivity contribution in [3.63, 3.8) is 0 Å². The second-order valence-corrected chi connectivity index (χ2v) is 6.22. The van der Waals surface area contributed by atoms with Crippen LogP contribution in [-0.2, 0) is 6.18 Å². The molecule has 3 rings (SSSR count). The fourth-order valence-electron chi connectivity index (χ4n) is 3.46. The first-order chi connectivity index (χ1) is 11.4. The van der Waals surface area contributed by atoms with Crippen LogP contribution in [0.5, 0.6) is 0 Å². The second kappa shape index (κ2) is 5.49. The number of nitrogens with zero attached hydrogens (tertiary/aromatic N) is 2. The molecule has 136 valence electrons. The van der Waals surface area contributed by atoms with Crippen LogP contribution in [0.4, 0.5) is 42.1 Å². The number of hydrogen-bond acceptors (Lipinski definition) is 2. The van der Waals surface area contributed by atoms with Crippen LogP contribution in [0.2, 0.25) is 0 Å². The molecule has 4 atom stereocenters. The van der Waals surface area contributed by atoms with E-state index in [2.05, 4.69) is 4.85 Å². The maximum absolute atomic E-state index is 13.9. The van der Waals surface area contributed by atoms with Crippen LogP contribution in [0.1, 0.15) is 12.0 Å². The Hall–Kier alpha value is -2.02. The van der Waals surface area contributed by atoms with E-state index in [1.807, 2.05) is 0 Å². The molecule has 1 aliphatic heterocycles. The average Bonchev–Trinajstić information content (AvgIpc) is 3.14. The van der Waals surface area contributed by atoms with Gasteiger partial charge in [-0.1, -0.05) is 0 Å². The van der Waals surface area contributed by atoms with E-state index >= 15 is 0 Å². The van der Waals surface area contributed by atoms with Gasteiger partial charge in [-0.15, -0.1) is 0 Å². The standard InChI is InChI=1S/C15H11F7N2O/c1-23-11-9(14(17,18)19)3-7(4-10(11)16)24-5-6-2-8(6)12(24)13(25)15(20,21)22/h3-4,6,8,12-13,25H,2,5H2/t6-,8-,12+,13-/m0/s1. The number of piperidine rings is 1. The van der Waals surface area contributed by atoms with Gasteiger partial charge in [0.25, 0.3) is 0 Å².